The van der Waals surface area contributed by atoms with E-state index in [0.29, 0.717) is 5.78 Å². The maximum atomic E-state index is 11.6. The third kappa shape index (κ3) is 2.03. The molecule has 1 aromatic rings. The molecule has 1 atom stereocenters. The van der Waals surface area contributed by atoms with E-state index in [1.165, 1.54) is 12.0 Å². The van der Waals surface area contributed by atoms with Gasteiger partial charge in [0.2, 0.25) is 0 Å². The van der Waals surface area contributed by atoms with Crippen molar-refractivity contribution in [3.63, 3.8) is 0 Å². The number of hydrogen-bond donors (Lipinski definition) is 0. The van der Waals surface area contributed by atoms with Gasteiger partial charge in [-0.2, -0.15) is 5.10 Å². The standard InChI is InChI=1S/C11H16N2O/c1-13-8-9(7-12-13)6-10-4-2-3-5-11(10)14/h7-8,10H,2-6H2,1H3. The van der Waals surface area contributed by atoms with Crippen LogP contribution in [0.3, 0.4) is 0 Å². The number of aryl methyl sites for hydroxylation is 1. The van der Waals surface area contributed by atoms with Crippen LogP contribution in [0.5, 0.6) is 0 Å². The highest BCUT2D eigenvalue weighted by Crippen LogP contribution is 2.23. The number of hydrogen-bond acceptors (Lipinski definition) is 2. The zero-order valence-corrected chi connectivity index (χ0v) is 8.57. The molecular formula is C11H16N2O. The van der Waals surface area contributed by atoms with Gasteiger partial charge in [-0.3, -0.25) is 9.48 Å². The molecule has 0 aliphatic heterocycles. The monoisotopic (exact) mass is 192 g/mol. The summed E-state index contributed by atoms with van der Waals surface area (Å²) >= 11 is 0. The van der Waals surface area contributed by atoms with E-state index in [9.17, 15) is 4.79 Å². The summed E-state index contributed by atoms with van der Waals surface area (Å²) < 4.78 is 1.79. The number of carbonyl (C=O) groups excluding carboxylic acids is 1. The third-order valence-electron chi connectivity index (χ3n) is 2.92. The molecule has 0 saturated heterocycles. The van der Waals surface area contributed by atoms with Gasteiger partial charge in [0.05, 0.1) is 6.20 Å². The lowest BCUT2D eigenvalue weighted by atomic mass is 9.84. The molecule has 3 heteroatoms. The summed E-state index contributed by atoms with van der Waals surface area (Å²) in [5, 5.41) is 4.11. The summed E-state index contributed by atoms with van der Waals surface area (Å²) in [6.45, 7) is 0. The maximum Gasteiger partial charge on any atom is 0.136 e. The number of nitrogens with zero attached hydrogens (tertiary/aromatic N) is 2. The van der Waals surface area contributed by atoms with Gasteiger partial charge in [-0.1, -0.05) is 6.42 Å². The summed E-state index contributed by atoms with van der Waals surface area (Å²) in [4.78, 5) is 11.6. The molecule has 1 aromatic heterocycles. The zero-order valence-electron chi connectivity index (χ0n) is 8.57. The summed E-state index contributed by atoms with van der Waals surface area (Å²) in [7, 11) is 1.91. The predicted octanol–water partition coefficient (Wildman–Crippen LogP) is 1.72. The van der Waals surface area contributed by atoms with E-state index >= 15 is 0 Å². The molecule has 1 unspecified atom stereocenters. The van der Waals surface area contributed by atoms with Crippen LogP contribution in [0.2, 0.25) is 0 Å². The fourth-order valence-corrected chi connectivity index (χ4v) is 2.13. The van der Waals surface area contributed by atoms with E-state index in [-0.39, 0.29) is 5.92 Å². The number of Topliss-reactive ketones (excluding diaryl/α,β-unsaturated/α-hetero) is 1. The molecule has 1 aliphatic carbocycles. The average Bonchev–Trinajstić information content (AvgIpc) is 2.56. The van der Waals surface area contributed by atoms with Gasteiger partial charge in [0.15, 0.2) is 0 Å². The number of aromatic nitrogens is 2. The molecule has 0 spiro atoms. The normalized spacial score (nSPS) is 22.6. The van der Waals surface area contributed by atoms with E-state index in [1.807, 2.05) is 19.4 Å². The highest BCUT2D eigenvalue weighted by molar-refractivity contribution is 5.81. The maximum absolute atomic E-state index is 11.6. The van der Waals surface area contributed by atoms with Crippen LogP contribution < -0.4 is 0 Å². The second kappa shape index (κ2) is 3.95. The van der Waals surface area contributed by atoms with E-state index < -0.39 is 0 Å². The first-order valence-electron chi connectivity index (χ1n) is 5.26. The second-order valence-corrected chi connectivity index (χ2v) is 4.14. The Hall–Kier alpha value is -1.12. The van der Waals surface area contributed by atoms with E-state index in [2.05, 4.69) is 5.10 Å². The summed E-state index contributed by atoms with van der Waals surface area (Å²) in [5.41, 5.74) is 1.19. The molecule has 2 rings (SSSR count). The quantitative estimate of drug-likeness (QED) is 0.715. The first-order valence-corrected chi connectivity index (χ1v) is 5.26. The summed E-state index contributed by atoms with van der Waals surface area (Å²) in [6.07, 6.45) is 8.88. The number of rotatable bonds is 2. The van der Waals surface area contributed by atoms with Crippen molar-refractivity contribution < 1.29 is 4.79 Å². The topological polar surface area (TPSA) is 34.9 Å². The largest absolute Gasteiger partial charge is 0.299 e. The Morgan fingerprint density at radius 2 is 2.43 bits per heavy atom. The van der Waals surface area contributed by atoms with Crippen molar-refractivity contribution in [2.45, 2.75) is 32.1 Å². The first-order chi connectivity index (χ1) is 6.75. The Morgan fingerprint density at radius 1 is 1.57 bits per heavy atom. The van der Waals surface area contributed by atoms with Gasteiger partial charge in [-0.05, 0) is 24.8 Å². The lowest BCUT2D eigenvalue weighted by molar-refractivity contribution is -0.124. The van der Waals surface area contributed by atoms with Crippen molar-refractivity contribution in [3.8, 4) is 0 Å². The van der Waals surface area contributed by atoms with Crippen LogP contribution in [0.4, 0.5) is 0 Å². The molecule has 3 nitrogen and oxygen atoms in total. The Bertz CT molecular complexity index is 330. The van der Waals surface area contributed by atoms with Gasteiger partial charge in [-0.15, -0.1) is 0 Å². The lowest BCUT2D eigenvalue weighted by Crippen LogP contribution is -2.20. The minimum atomic E-state index is 0.257. The van der Waals surface area contributed by atoms with Crippen LogP contribution in [0, 0.1) is 5.92 Å². The van der Waals surface area contributed by atoms with Crippen LogP contribution in [-0.4, -0.2) is 15.6 Å². The van der Waals surface area contributed by atoms with Crippen molar-refractivity contribution in [3.05, 3.63) is 18.0 Å². The van der Waals surface area contributed by atoms with Crippen molar-refractivity contribution in [1.29, 1.82) is 0 Å². The van der Waals surface area contributed by atoms with E-state index in [0.717, 1.165) is 25.7 Å². The molecule has 0 aromatic carbocycles. The molecule has 1 fully saturated rings. The lowest BCUT2D eigenvalue weighted by Gasteiger charge is -2.19. The van der Waals surface area contributed by atoms with E-state index in [4.69, 9.17) is 0 Å². The first kappa shape index (κ1) is 9.44. The Kier molecular flexibility index (Phi) is 2.66. The highest BCUT2D eigenvalue weighted by Gasteiger charge is 2.22. The van der Waals surface area contributed by atoms with E-state index in [1.54, 1.807) is 4.68 Å². The van der Waals surface area contributed by atoms with Gasteiger partial charge in [-0.25, -0.2) is 0 Å². The number of ketones is 1. The van der Waals surface area contributed by atoms with Crippen molar-refractivity contribution in [1.82, 2.24) is 9.78 Å². The molecule has 0 amide bonds. The van der Waals surface area contributed by atoms with Gasteiger partial charge < -0.3 is 0 Å². The molecule has 0 radical (unpaired) electrons. The third-order valence-corrected chi connectivity index (χ3v) is 2.92. The molecule has 0 bridgehead atoms. The average molecular weight is 192 g/mol. The SMILES string of the molecule is Cn1cc(CC2CCCCC2=O)cn1. The van der Waals surface area contributed by atoms with Crippen LogP contribution in [0.25, 0.3) is 0 Å². The Balaban J connectivity index is 1.99. The molecule has 1 heterocycles. The van der Waals surface area contributed by atoms with Gasteiger partial charge in [0, 0.05) is 25.6 Å². The summed E-state index contributed by atoms with van der Waals surface area (Å²) in [6, 6.07) is 0. The fraction of sp³-hybridized carbons (Fsp3) is 0.636. The summed E-state index contributed by atoms with van der Waals surface area (Å²) in [5.74, 6) is 0.702. The molecule has 14 heavy (non-hydrogen) atoms. The van der Waals surface area contributed by atoms with Gasteiger partial charge in [0.25, 0.3) is 0 Å². The molecule has 1 aliphatic rings. The van der Waals surface area contributed by atoms with Gasteiger partial charge in [0.1, 0.15) is 5.78 Å². The van der Waals surface area contributed by atoms with Crippen molar-refractivity contribution in [2.24, 2.45) is 13.0 Å². The van der Waals surface area contributed by atoms with Crippen molar-refractivity contribution in [2.75, 3.05) is 0 Å². The zero-order chi connectivity index (χ0) is 9.97. The van der Waals surface area contributed by atoms with Crippen LogP contribution in [0.15, 0.2) is 12.4 Å². The Labute approximate surface area is 84.1 Å². The minimum Gasteiger partial charge on any atom is -0.299 e. The minimum absolute atomic E-state index is 0.257. The second-order valence-electron chi connectivity index (χ2n) is 4.14. The molecule has 76 valence electrons. The smallest absolute Gasteiger partial charge is 0.136 e. The van der Waals surface area contributed by atoms with Crippen LogP contribution in [-0.2, 0) is 18.3 Å². The van der Waals surface area contributed by atoms with Crippen LogP contribution >= 0.6 is 0 Å². The van der Waals surface area contributed by atoms with Crippen LogP contribution in [0.1, 0.15) is 31.2 Å². The highest BCUT2D eigenvalue weighted by atomic mass is 16.1. The fourth-order valence-electron chi connectivity index (χ4n) is 2.13. The molecular weight excluding hydrogens is 176 g/mol. The van der Waals surface area contributed by atoms with Gasteiger partial charge >= 0.3 is 0 Å². The molecule has 1 saturated carbocycles. The number of carbonyl (C=O) groups is 1. The van der Waals surface area contributed by atoms with Crippen molar-refractivity contribution >= 4 is 5.78 Å². The molecule has 0 N–H and O–H groups in total. The predicted molar refractivity (Wildman–Crippen MR) is 53.9 cm³/mol. The Morgan fingerprint density at radius 3 is 3.07 bits per heavy atom.